The van der Waals surface area contributed by atoms with E-state index in [1.165, 1.54) is 12.1 Å². The van der Waals surface area contributed by atoms with E-state index < -0.39 is 9.85 Å². The molecule has 56 heavy (non-hydrogen) atoms. The van der Waals surface area contributed by atoms with E-state index in [9.17, 15) is 25.0 Å². The average Bonchev–Trinajstić information content (AvgIpc) is 3.19. The van der Waals surface area contributed by atoms with Crippen molar-refractivity contribution in [2.75, 3.05) is 164 Å². The number of nitrogens with one attached hydrogen (secondary N) is 1. The number of nitrogens with zero attached hydrogens (tertiary/aromatic N) is 2. The van der Waals surface area contributed by atoms with E-state index in [4.69, 9.17) is 56.8 Å². The SMILES string of the molecule is CCCCCC(=O)OCCOCCOCCOCCOCCOCCOCCOCCOCCOCCOCCOCCNc1ccc([N+](=O)[O-])cc1[N+](=O)[O-]. The van der Waals surface area contributed by atoms with E-state index in [0.717, 1.165) is 25.3 Å². The van der Waals surface area contributed by atoms with Crippen molar-refractivity contribution >= 4 is 23.0 Å². The minimum absolute atomic E-state index is 0.171. The molecule has 0 fully saturated rings. The van der Waals surface area contributed by atoms with Crippen LogP contribution >= 0.6 is 0 Å². The molecule has 0 heterocycles. The molecule has 0 saturated carbocycles. The highest BCUT2D eigenvalue weighted by Crippen LogP contribution is 2.28. The van der Waals surface area contributed by atoms with Gasteiger partial charge in [0.15, 0.2) is 0 Å². The van der Waals surface area contributed by atoms with Gasteiger partial charge in [-0.25, -0.2) is 0 Å². The van der Waals surface area contributed by atoms with Gasteiger partial charge >= 0.3 is 5.97 Å². The number of rotatable bonds is 43. The summed E-state index contributed by atoms with van der Waals surface area (Å²) in [6.07, 6.45) is 3.45. The van der Waals surface area contributed by atoms with Gasteiger partial charge in [0.05, 0.1) is 161 Å². The molecule has 1 N–H and O–H groups in total. The second-order valence-electron chi connectivity index (χ2n) is 11.6. The quantitative estimate of drug-likeness (QED) is 0.0432. The standard InChI is InChI=1S/C36H63N3O17/c1-2-3-4-5-36(40)56-31-30-55-29-28-54-27-26-53-25-24-52-23-22-51-21-20-50-19-18-49-17-16-48-15-14-47-13-12-46-11-10-45-9-8-37-34-7-6-33(38(41)42)32-35(34)39(43)44/h6-7,32,37H,2-5,8-31H2,1H3. The lowest BCUT2D eigenvalue weighted by Gasteiger charge is -2.09. The van der Waals surface area contributed by atoms with Crippen molar-refractivity contribution in [1.82, 2.24) is 0 Å². The molecule has 0 saturated heterocycles. The topological polar surface area (TPSA) is 226 Å². The Morgan fingerprint density at radius 2 is 0.875 bits per heavy atom. The summed E-state index contributed by atoms with van der Waals surface area (Å²) in [6.45, 7) is 12.1. The summed E-state index contributed by atoms with van der Waals surface area (Å²) in [5.74, 6) is -0.171. The van der Waals surface area contributed by atoms with Crippen LogP contribution in [0.25, 0.3) is 0 Å². The largest absolute Gasteiger partial charge is 0.463 e. The van der Waals surface area contributed by atoms with Crippen LogP contribution in [0.2, 0.25) is 0 Å². The number of anilines is 1. The Hall–Kier alpha value is -3.15. The first kappa shape index (κ1) is 50.9. The van der Waals surface area contributed by atoms with Gasteiger partial charge in [-0.15, -0.1) is 0 Å². The molecule has 0 aromatic heterocycles. The molecule has 0 amide bonds. The molecule has 0 atom stereocenters. The third kappa shape index (κ3) is 32.0. The van der Waals surface area contributed by atoms with Gasteiger partial charge in [-0.1, -0.05) is 19.8 Å². The number of non-ortho nitro benzene ring substituents is 1. The number of carbonyl (C=O) groups excluding carboxylic acids is 1. The molecule has 324 valence electrons. The van der Waals surface area contributed by atoms with Gasteiger partial charge in [0.1, 0.15) is 12.3 Å². The average molecular weight is 810 g/mol. The Kier molecular flexibility index (Phi) is 35.2. The van der Waals surface area contributed by atoms with Gasteiger partial charge in [-0.3, -0.25) is 25.0 Å². The third-order valence-corrected chi connectivity index (χ3v) is 7.15. The number of nitro benzene ring substituents is 2. The van der Waals surface area contributed by atoms with Crippen LogP contribution in [0.1, 0.15) is 32.6 Å². The molecule has 0 spiro atoms. The Labute approximate surface area is 329 Å². The van der Waals surface area contributed by atoms with Gasteiger partial charge in [-0.05, 0) is 12.5 Å². The number of esters is 1. The third-order valence-electron chi connectivity index (χ3n) is 7.15. The van der Waals surface area contributed by atoms with E-state index in [1.54, 1.807) is 0 Å². The molecule has 0 unspecified atom stereocenters. The van der Waals surface area contributed by atoms with Gasteiger partial charge in [0.2, 0.25) is 0 Å². The maximum atomic E-state index is 11.5. The van der Waals surface area contributed by atoms with Crippen molar-refractivity contribution in [2.45, 2.75) is 32.6 Å². The molecule has 0 aliphatic heterocycles. The van der Waals surface area contributed by atoms with Gasteiger partial charge in [-0.2, -0.15) is 0 Å². The van der Waals surface area contributed by atoms with E-state index in [-0.39, 0.29) is 42.8 Å². The number of carbonyl (C=O) groups is 1. The smallest absolute Gasteiger partial charge is 0.305 e. The fourth-order valence-electron chi connectivity index (χ4n) is 4.30. The van der Waals surface area contributed by atoms with Gasteiger partial charge in [0, 0.05) is 19.0 Å². The molecule has 1 aromatic rings. The first-order valence-corrected chi connectivity index (χ1v) is 19.1. The van der Waals surface area contributed by atoms with Crippen molar-refractivity contribution in [1.29, 1.82) is 0 Å². The molecular formula is C36H63N3O17. The molecule has 0 aliphatic carbocycles. The fraction of sp³-hybridized carbons (Fsp3) is 0.806. The molecule has 20 heteroatoms. The highest BCUT2D eigenvalue weighted by molar-refractivity contribution is 5.69. The molecule has 20 nitrogen and oxygen atoms in total. The number of hydrogen-bond acceptors (Lipinski definition) is 18. The summed E-state index contributed by atoms with van der Waals surface area (Å²) in [4.78, 5) is 32.1. The summed E-state index contributed by atoms with van der Waals surface area (Å²) in [6, 6.07) is 3.42. The van der Waals surface area contributed by atoms with Gasteiger partial charge in [0.25, 0.3) is 11.4 Å². The molecule has 0 radical (unpaired) electrons. The Morgan fingerprint density at radius 3 is 1.21 bits per heavy atom. The molecule has 0 bridgehead atoms. The molecule has 1 rings (SSSR count). The van der Waals surface area contributed by atoms with Crippen LogP contribution in [0.15, 0.2) is 18.2 Å². The van der Waals surface area contributed by atoms with Crippen LogP contribution in [-0.2, 0) is 61.6 Å². The highest BCUT2D eigenvalue weighted by atomic mass is 16.6. The zero-order valence-electron chi connectivity index (χ0n) is 32.9. The zero-order valence-corrected chi connectivity index (χ0v) is 32.9. The van der Waals surface area contributed by atoms with Crippen LogP contribution in [0.4, 0.5) is 17.1 Å². The lowest BCUT2D eigenvalue weighted by molar-refractivity contribution is -0.393. The monoisotopic (exact) mass is 809 g/mol. The van der Waals surface area contributed by atoms with E-state index in [2.05, 4.69) is 12.2 Å². The highest BCUT2D eigenvalue weighted by Gasteiger charge is 2.19. The predicted molar refractivity (Wildman–Crippen MR) is 202 cm³/mol. The summed E-state index contributed by atoms with van der Waals surface area (Å²) >= 11 is 0. The van der Waals surface area contributed by atoms with Crippen molar-refractivity contribution in [3.8, 4) is 0 Å². The van der Waals surface area contributed by atoms with Gasteiger partial charge < -0.3 is 62.2 Å². The first-order valence-electron chi connectivity index (χ1n) is 19.1. The van der Waals surface area contributed by atoms with Crippen molar-refractivity contribution in [3.05, 3.63) is 38.4 Å². The summed E-state index contributed by atoms with van der Waals surface area (Å²) in [5.41, 5.74) is -0.536. The number of ether oxygens (including phenoxy) is 12. The minimum atomic E-state index is -0.683. The second kappa shape index (κ2) is 38.7. The lowest BCUT2D eigenvalue weighted by atomic mass is 10.2. The lowest BCUT2D eigenvalue weighted by Crippen LogP contribution is -2.16. The molecular weight excluding hydrogens is 746 g/mol. The zero-order chi connectivity index (χ0) is 40.6. The maximum Gasteiger partial charge on any atom is 0.305 e. The number of hydrogen-bond donors (Lipinski definition) is 1. The van der Waals surface area contributed by atoms with Crippen LogP contribution in [0, 0.1) is 20.2 Å². The predicted octanol–water partition coefficient (Wildman–Crippen LogP) is 3.22. The van der Waals surface area contributed by atoms with Crippen molar-refractivity contribution < 1.29 is 71.5 Å². The molecule has 0 aliphatic rings. The fourth-order valence-corrected chi connectivity index (χ4v) is 4.30. The molecule has 1 aromatic carbocycles. The summed E-state index contributed by atoms with van der Waals surface area (Å²) < 4.78 is 65.0. The van der Waals surface area contributed by atoms with E-state index in [0.29, 0.717) is 145 Å². The summed E-state index contributed by atoms with van der Waals surface area (Å²) in [7, 11) is 0. The Bertz CT molecular complexity index is 1100. The van der Waals surface area contributed by atoms with Crippen LogP contribution in [-0.4, -0.2) is 174 Å². The van der Waals surface area contributed by atoms with Crippen LogP contribution in [0.5, 0.6) is 0 Å². The van der Waals surface area contributed by atoms with Crippen molar-refractivity contribution in [3.63, 3.8) is 0 Å². The minimum Gasteiger partial charge on any atom is -0.463 e. The second-order valence-corrected chi connectivity index (χ2v) is 11.6. The Balaban J connectivity index is 1.70. The van der Waals surface area contributed by atoms with Crippen LogP contribution < -0.4 is 5.32 Å². The first-order chi connectivity index (χ1) is 27.5. The number of nitro groups is 2. The Morgan fingerprint density at radius 1 is 0.518 bits per heavy atom. The normalized spacial score (nSPS) is 11.2. The van der Waals surface area contributed by atoms with E-state index in [1.807, 2.05) is 0 Å². The van der Waals surface area contributed by atoms with Crippen LogP contribution in [0.3, 0.4) is 0 Å². The number of unbranched alkanes of at least 4 members (excludes halogenated alkanes) is 2. The maximum absolute atomic E-state index is 11.5. The number of benzene rings is 1. The van der Waals surface area contributed by atoms with Crippen molar-refractivity contribution in [2.24, 2.45) is 0 Å². The van der Waals surface area contributed by atoms with E-state index >= 15 is 0 Å². The summed E-state index contributed by atoms with van der Waals surface area (Å²) in [5, 5.41) is 24.8.